The molecule has 1 N–H and O–H groups in total. The number of anilines is 2. The summed E-state index contributed by atoms with van der Waals surface area (Å²) in [4.78, 5) is 23.3. The molecule has 6 heteroatoms. The topological polar surface area (TPSA) is 61.5 Å². The lowest BCUT2D eigenvalue weighted by atomic mass is 10.1. The van der Waals surface area contributed by atoms with Crippen LogP contribution in [-0.2, 0) is 11.3 Å². The minimum atomic E-state index is 0.0337. The van der Waals surface area contributed by atoms with Gasteiger partial charge >= 0.3 is 0 Å². The predicted molar refractivity (Wildman–Crippen MR) is 125 cm³/mol. The molecule has 0 fully saturated rings. The number of pyridine rings is 1. The molecule has 0 aliphatic rings. The summed E-state index contributed by atoms with van der Waals surface area (Å²) in [5, 5.41) is 0.926. The second-order valence-electron chi connectivity index (χ2n) is 7.51. The molecular formula is C24H34N4O2. The van der Waals surface area contributed by atoms with Gasteiger partial charge in [0, 0.05) is 36.8 Å². The van der Waals surface area contributed by atoms with E-state index in [-0.39, 0.29) is 6.04 Å². The Bertz CT molecular complexity index is 934. The largest absolute Gasteiger partial charge is 0.496 e. The van der Waals surface area contributed by atoms with E-state index >= 15 is 0 Å². The summed E-state index contributed by atoms with van der Waals surface area (Å²) in [7, 11) is 3.67. The molecule has 3 rings (SSSR count). The summed E-state index contributed by atoms with van der Waals surface area (Å²) in [5.41, 5.74) is 3.59. The maximum atomic E-state index is 11.8. The second kappa shape index (κ2) is 11.2. The summed E-state index contributed by atoms with van der Waals surface area (Å²) in [6, 6.07) is 9.92. The van der Waals surface area contributed by atoms with E-state index in [0.29, 0.717) is 6.54 Å². The Morgan fingerprint density at radius 3 is 2.47 bits per heavy atom. The van der Waals surface area contributed by atoms with E-state index < -0.39 is 0 Å². The van der Waals surface area contributed by atoms with Crippen molar-refractivity contribution in [1.29, 1.82) is 0 Å². The van der Waals surface area contributed by atoms with Crippen LogP contribution in [0.2, 0.25) is 0 Å². The van der Waals surface area contributed by atoms with E-state index in [1.54, 1.807) is 12.0 Å². The molecule has 162 valence electrons. The first-order valence-electron chi connectivity index (χ1n) is 10.5. The van der Waals surface area contributed by atoms with Gasteiger partial charge in [-0.25, -0.2) is 4.98 Å². The Kier molecular flexibility index (Phi) is 8.71. The number of para-hydroxylation sites is 1. The third-order valence-electron chi connectivity index (χ3n) is 4.98. The highest BCUT2D eigenvalue weighted by molar-refractivity contribution is 6.02. The SMILES string of the molecule is CCCC.COc1ccccc1CN(C)c1cnc2[nH]ccc2c1N(C=O)C(C)C. The lowest BCUT2D eigenvalue weighted by molar-refractivity contribution is -0.107. The van der Waals surface area contributed by atoms with E-state index in [2.05, 4.69) is 28.7 Å². The lowest BCUT2D eigenvalue weighted by Crippen LogP contribution is -2.31. The highest BCUT2D eigenvalue weighted by Gasteiger charge is 2.21. The number of amides is 1. The van der Waals surface area contributed by atoms with Crippen molar-refractivity contribution in [3.05, 3.63) is 48.3 Å². The maximum Gasteiger partial charge on any atom is 0.214 e. The number of nitrogens with one attached hydrogen (secondary N) is 1. The van der Waals surface area contributed by atoms with E-state index in [9.17, 15) is 4.79 Å². The van der Waals surface area contributed by atoms with Crippen molar-refractivity contribution in [3.8, 4) is 5.75 Å². The molecule has 0 saturated heterocycles. The zero-order chi connectivity index (χ0) is 22.1. The molecule has 0 atom stereocenters. The van der Waals surface area contributed by atoms with Crippen molar-refractivity contribution in [2.75, 3.05) is 24.0 Å². The minimum absolute atomic E-state index is 0.0337. The minimum Gasteiger partial charge on any atom is -0.496 e. The van der Waals surface area contributed by atoms with Gasteiger partial charge in [0.15, 0.2) is 0 Å². The first-order valence-corrected chi connectivity index (χ1v) is 10.5. The van der Waals surface area contributed by atoms with Gasteiger partial charge in [-0.05, 0) is 26.0 Å². The highest BCUT2D eigenvalue weighted by Crippen LogP contribution is 2.36. The molecule has 2 heterocycles. The van der Waals surface area contributed by atoms with Gasteiger partial charge in [0.25, 0.3) is 0 Å². The van der Waals surface area contributed by atoms with E-state index in [1.165, 1.54) is 12.8 Å². The van der Waals surface area contributed by atoms with Crippen LogP contribution in [0.15, 0.2) is 42.7 Å². The van der Waals surface area contributed by atoms with Gasteiger partial charge < -0.3 is 19.5 Å². The van der Waals surface area contributed by atoms with E-state index in [0.717, 1.165) is 40.1 Å². The van der Waals surface area contributed by atoms with Gasteiger partial charge in [0.1, 0.15) is 11.4 Å². The molecule has 1 amide bonds. The average molecular weight is 411 g/mol. The van der Waals surface area contributed by atoms with Crippen LogP contribution in [0.25, 0.3) is 11.0 Å². The molecule has 1 aromatic carbocycles. The highest BCUT2D eigenvalue weighted by atomic mass is 16.5. The number of aromatic amines is 1. The van der Waals surface area contributed by atoms with E-state index in [1.807, 2.05) is 63.6 Å². The molecular weight excluding hydrogens is 376 g/mol. The summed E-state index contributed by atoms with van der Waals surface area (Å²) < 4.78 is 5.46. The number of nitrogens with zero attached hydrogens (tertiary/aromatic N) is 3. The van der Waals surface area contributed by atoms with Crippen LogP contribution in [0.1, 0.15) is 46.1 Å². The molecule has 0 saturated carbocycles. The number of benzene rings is 1. The van der Waals surface area contributed by atoms with Crippen LogP contribution < -0.4 is 14.5 Å². The molecule has 3 aromatic rings. The number of methoxy groups -OCH3 is 1. The number of hydrogen-bond donors (Lipinski definition) is 1. The zero-order valence-electron chi connectivity index (χ0n) is 19.0. The Morgan fingerprint density at radius 1 is 1.17 bits per heavy atom. The standard InChI is InChI=1S/C20H24N4O2.C4H10/c1-14(2)24(13-25)19-16-9-10-21-20(16)22-11-17(19)23(3)12-15-7-5-6-8-18(15)26-4;1-3-4-2/h5-11,13-14H,12H2,1-4H3,(H,21,22);3-4H2,1-2H3. The number of H-pyrrole nitrogens is 1. The lowest BCUT2D eigenvalue weighted by Gasteiger charge is -2.29. The predicted octanol–water partition coefficient (Wildman–Crippen LogP) is 5.39. The van der Waals surface area contributed by atoms with E-state index in [4.69, 9.17) is 4.74 Å². The molecule has 0 aliphatic heterocycles. The van der Waals surface area contributed by atoms with Crippen LogP contribution in [0.3, 0.4) is 0 Å². The normalized spacial score (nSPS) is 10.5. The van der Waals surface area contributed by atoms with Gasteiger partial charge in [-0.15, -0.1) is 0 Å². The van der Waals surface area contributed by atoms with Gasteiger partial charge in [-0.2, -0.15) is 0 Å². The Labute approximate surface area is 179 Å². The molecule has 0 aliphatic carbocycles. The summed E-state index contributed by atoms with van der Waals surface area (Å²) in [5.74, 6) is 0.840. The number of fused-ring (bicyclic) bond motifs is 1. The third-order valence-corrected chi connectivity index (χ3v) is 4.98. The number of carbonyl (C=O) groups excluding carboxylic acids is 1. The third kappa shape index (κ3) is 5.32. The van der Waals surface area contributed by atoms with Crippen LogP contribution in [0, 0.1) is 0 Å². The van der Waals surface area contributed by atoms with Crippen molar-refractivity contribution < 1.29 is 9.53 Å². The van der Waals surface area contributed by atoms with Crippen molar-refractivity contribution in [1.82, 2.24) is 9.97 Å². The van der Waals surface area contributed by atoms with Gasteiger partial charge in [0.2, 0.25) is 6.41 Å². The first-order chi connectivity index (χ1) is 14.5. The molecule has 30 heavy (non-hydrogen) atoms. The number of aromatic nitrogens is 2. The van der Waals surface area contributed by atoms with Crippen LogP contribution >= 0.6 is 0 Å². The monoisotopic (exact) mass is 410 g/mol. The van der Waals surface area contributed by atoms with Gasteiger partial charge in [-0.1, -0.05) is 44.9 Å². The molecule has 6 nitrogen and oxygen atoms in total. The molecule has 2 aromatic heterocycles. The number of hydrogen-bond acceptors (Lipinski definition) is 4. The van der Waals surface area contributed by atoms with Crippen molar-refractivity contribution in [3.63, 3.8) is 0 Å². The fourth-order valence-corrected chi connectivity index (χ4v) is 3.14. The Hall–Kier alpha value is -3.02. The van der Waals surface area contributed by atoms with Crippen LogP contribution in [-0.4, -0.2) is 36.6 Å². The maximum absolute atomic E-state index is 11.8. The Balaban J connectivity index is 0.000000735. The summed E-state index contributed by atoms with van der Waals surface area (Å²) in [6.07, 6.45) is 7.17. The van der Waals surface area contributed by atoms with Gasteiger partial charge in [-0.3, -0.25) is 4.79 Å². The summed E-state index contributed by atoms with van der Waals surface area (Å²) in [6.45, 7) is 8.99. The molecule has 0 bridgehead atoms. The fourth-order valence-electron chi connectivity index (χ4n) is 3.14. The first kappa shape index (κ1) is 23.3. The second-order valence-corrected chi connectivity index (χ2v) is 7.51. The smallest absolute Gasteiger partial charge is 0.214 e. The molecule has 0 unspecified atom stereocenters. The quantitative estimate of drug-likeness (QED) is 0.506. The van der Waals surface area contributed by atoms with Crippen molar-refractivity contribution in [2.45, 2.75) is 53.1 Å². The fraction of sp³-hybridized carbons (Fsp3) is 0.417. The average Bonchev–Trinajstić information content (AvgIpc) is 3.23. The van der Waals surface area contributed by atoms with Crippen LogP contribution in [0.5, 0.6) is 5.75 Å². The van der Waals surface area contributed by atoms with Crippen LogP contribution in [0.4, 0.5) is 11.4 Å². The van der Waals surface area contributed by atoms with Gasteiger partial charge in [0.05, 0.1) is 24.7 Å². The number of carbonyl (C=O) groups is 1. The summed E-state index contributed by atoms with van der Waals surface area (Å²) >= 11 is 0. The molecule has 0 radical (unpaired) electrons. The number of ether oxygens (including phenoxy) is 1. The molecule has 0 spiro atoms. The number of unbranched alkanes of at least 4 members (excludes halogenated alkanes) is 1. The number of rotatable bonds is 8. The van der Waals surface area contributed by atoms with Crippen molar-refractivity contribution >= 4 is 28.8 Å². The Morgan fingerprint density at radius 2 is 1.87 bits per heavy atom. The zero-order valence-corrected chi connectivity index (χ0v) is 19.0. The van der Waals surface area contributed by atoms with Crippen molar-refractivity contribution in [2.24, 2.45) is 0 Å².